The van der Waals surface area contributed by atoms with Crippen LogP contribution in [0.25, 0.3) is 5.69 Å². The van der Waals surface area contributed by atoms with E-state index in [2.05, 4.69) is 10.3 Å². The van der Waals surface area contributed by atoms with Gasteiger partial charge in [0, 0.05) is 18.1 Å². The van der Waals surface area contributed by atoms with Gasteiger partial charge in [-0.2, -0.15) is 0 Å². The average molecular weight is 335 g/mol. The van der Waals surface area contributed by atoms with Gasteiger partial charge in [-0.25, -0.2) is 4.68 Å². The minimum atomic E-state index is -0.490. The lowest BCUT2D eigenvalue weighted by Gasteiger charge is -2.33. The van der Waals surface area contributed by atoms with Crippen LogP contribution in [0.15, 0.2) is 24.3 Å². The third kappa shape index (κ3) is 3.09. The molecule has 23 heavy (non-hydrogen) atoms. The predicted molar refractivity (Wildman–Crippen MR) is 86.8 cm³/mol. The number of β-amino-alcohol motifs (C(OH)–C–C–N with tert-alkyl or cyclic N) is 1. The first-order valence-electron chi connectivity index (χ1n) is 7.63. The van der Waals surface area contributed by atoms with Crippen LogP contribution in [0.3, 0.4) is 0 Å². The number of aromatic nitrogens is 3. The van der Waals surface area contributed by atoms with E-state index in [4.69, 9.17) is 11.6 Å². The van der Waals surface area contributed by atoms with Gasteiger partial charge in [0.05, 0.1) is 17.5 Å². The highest BCUT2D eigenvalue weighted by Gasteiger charge is 2.30. The van der Waals surface area contributed by atoms with Gasteiger partial charge >= 0.3 is 0 Å². The molecule has 0 saturated carbocycles. The first kappa shape index (κ1) is 16.0. The molecule has 2 aromatic rings. The van der Waals surface area contributed by atoms with Crippen molar-refractivity contribution in [3.05, 3.63) is 40.7 Å². The van der Waals surface area contributed by atoms with E-state index >= 15 is 0 Å². The smallest absolute Gasteiger partial charge is 0.276 e. The summed E-state index contributed by atoms with van der Waals surface area (Å²) in [5.74, 6) is 0.0176. The predicted octanol–water partition coefficient (Wildman–Crippen LogP) is 2.07. The number of nitrogens with zero attached hydrogens (tertiary/aromatic N) is 4. The van der Waals surface area contributed by atoms with E-state index in [1.165, 1.54) is 0 Å². The number of likely N-dealkylation sites (tertiary alicyclic amines) is 1. The maximum absolute atomic E-state index is 12.7. The van der Waals surface area contributed by atoms with Crippen molar-refractivity contribution in [1.29, 1.82) is 0 Å². The summed E-state index contributed by atoms with van der Waals surface area (Å²) in [6.07, 6.45) is 0.296. The molecule has 0 radical (unpaired) electrons. The lowest BCUT2D eigenvalue weighted by molar-refractivity contribution is 0.0244. The van der Waals surface area contributed by atoms with E-state index in [1.807, 2.05) is 19.1 Å². The fraction of sp³-hybridized carbons (Fsp3) is 0.438. The lowest BCUT2D eigenvalue weighted by atomic mass is 9.96. The van der Waals surface area contributed by atoms with E-state index in [9.17, 15) is 9.90 Å². The third-order valence-corrected chi connectivity index (χ3v) is 4.59. The molecule has 1 saturated heterocycles. The van der Waals surface area contributed by atoms with Gasteiger partial charge in [0.2, 0.25) is 0 Å². The number of carbonyl (C=O) groups excluding carboxylic acids is 1. The zero-order valence-corrected chi connectivity index (χ0v) is 13.9. The molecule has 1 fully saturated rings. The van der Waals surface area contributed by atoms with E-state index in [1.54, 1.807) is 28.6 Å². The summed E-state index contributed by atoms with van der Waals surface area (Å²) in [5.41, 5.74) is 1.73. The zero-order valence-electron chi connectivity index (χ0n) is 13.1. The number of hydrogen-bond donors (Lipinski definition) is 1. The minimum absolute atomic E-state index is 0.193. The summed E-state index contributed by atoms with van der Waals surface area (Å²) in [6.45, 7) is 4.76. The number of halogens is 1. The molecule has 122 valence electrons. The second-order valence-electron chi connectivity index (χ2n) is 6.00. The molecule has 1 aromatic heterocycles. The molecule has 6 nitrogen and oxygen atoms in total. The van der Waals surface area contributed by atoms with Crippen molar-refractivity contribution in [1.82, 2.24) is 19.9 Å². The Morgan fingerprint density at radius 3 is 2.91 bits per heavy atom. The van der Waals surface area contributed by atoms with E-state index < -0.39 is 6.10 Å². The van der Waals surface area contributed by atoms with Crippen molar-refractivity contribution < 1.29 is 9.90 Å². The SMILES string of the molecule is Cc1c(C(=O)N2CCC(C)C(O)C2)nnn1-c1cccc(Cl)c1. The van der Waals surface area contributed by atoms with Gasteiger partial charge in [-0.05, 0) is 37.5 Å². The molecule has 3 rings (SSSR count). The van der Waals surface area contributed by atoms with Gasteiger partial charge in [-0.3, -0.25) is 4.79 Å². The lowest BCUT2D eigenvalue weighted by Crippen LogP contribution is -2.46. The Morgan fingerprint density at radius 1 is 1.43 bits per heavy atom. The standard InChI is InChI=1S/C16H19ClN4O2/c1-10-6-7-20(9-14(10)22)16(23)15-11(2)21(19-18-15)13-5-3-4-12(17)8-13/h3-5,8,10,14,22H,6-7,9H2,1-2H3. The number of carbonyl (C=O) groups is 1. The average Bonchev–Trinajstić information content (AvgIpc) is 2.91. The van der Waals surface area contributed by atoms with Crippen molar-refractivity contribution in [2.24, 2.45) is 5.92 Å². The normalized spacial score (nSPS) is 21.5. The molecule has 1 aliphatic heterocycles. The fourth-order valence-electron chi connectivity index (χ4n) is 2.76. The van der Waals surface area contributed by atoms with Crippen LogP contribution < -0.4 is 0 Å². The first-order chi connectivity index (χ1) is 11.0. The largest absolute Gasteiger partial charge is 0.391 e. The van der Waals surface area contributed by atoms with Crippen LogP contribution in [0.1, 0.15) is 29.5 Å². The Hall–Kier alpha value is -1.92. The van der Waals surface area contributed by atoms with E-state index in [-0.39, 0.29) is 11.8 Å². The van der Waals surface area contributed by atoms with Gasteiger partial charge in [0.25, 0.3) is 5.91 Å². The van der Waals surface area contributed by atoms with Crippen molar-refractivity contribution in [3.8, 4) is 5.69 Å². The van der Waals surface area contributed by atoms with Gasteiger partial charge in [-0.1, -0.05) is 29.8 Å². The van der Waals surface area contributed by atoms with Crippen LogP contribution in [-0.4, -0.2) is 50.1 Å². The Bertz CT molecular complexity index is 731. The molecule has 2 atom stereocenters. The summed E-state index contributed by atoms with van der Waals surface area (Å²) in [7, 11) is 0. The van der Waals surface area contributed by atoms with Gasteiger partial charge in [-0.15, -0.1) is 5.10 Å². The molecule has 2 heterocycles. The number of benzene rings is 1. The van der Waals surface area contributed by atoms with Crippen molar-refractivity contribution in [2.75, 3.05) is 13.1 Å². The molecular weight excluding hydrogens is 316 g/mol. The van der Waals surface area contributed by atoms with Crippen LogP contribution in [0, 0.1) is 12.8 Å². The maximum Gasteiger partial charge on any atom is 0.276 e. The Morgan fingerprint density at radius 2 is 2.22 bits per heavy atom. The highest BCUT2D eigenvalue weighted by Crippen LogP contribution is 2.21. The van der Waals surface area contributed by atoms with E-state index in [0.717, 1.165) is 12.1 Å². The van der Waals surface area contributed by atoms with Crippen molar-refractivity contribution >= 4 is 17.5 Å². The van der Waals surface area contributed by atoms with Gasteiger partial charge < -0.3 is 10.0 Å². The van der Waals surface area contributed by atoms with Crippen molar-refractivity contribution in [2.45, 2.75) is 26.4 Å². The number of amides is 1. The minimum Gasteiger partial charge on any atom is -0.391 e. The summed E-state index contributed by atoms with van der Waals surface area (Å²) >= 11 is 6.00. The maximum atomic E-state index is 12.7. The van der Waals surface area contributed by atoms with Gasteiger partial charge in [0.1, 0.15) is 0 Å². The number of hydrogen-bond acceptors (Lipinski definition) is 4. The van der Waals surface area contributed by atoms with Crippen molar-refractivity contribution in [3.63, 3.8) is 0 Å². The molecule has 7 heteroatoms. The summed E-state index contributed by atoms with van der Waals surface area (Å²) < 4.78 is 1.60. The quantitative estimate of drug-likeness (QED) is 0.912. The molecule has 0 spiro atoms. The number of aliphatic hydroxyl groups is 1. The number of rotatable bonds is 2. The van der Waals surface area contributed by atoms with Crippen LogP contribution >= 0.6 is 11.6 Å². The van der Waals surface area contributed by atoms with Crippen LogP contribution in [-0.2, 0) is 0 Å². The highest BCUT2D eigenvalue weighted by atomic mass is 35.5. The topological polar surface area (TPSA) is 71.2 Å². The molecule has 0 bridgehead atoms. The summed E-state index contributed by atoms with van der Waals surface area (Å²) in [6, 6.07) is 7.22. The second-order valence-corrected chi connectivity index (χ2v) is 6.44. The highest BCUT2D eigenvalue weighted by molar-refractivity contribution is 6.30. The first-order valence-corrected chi connectivity index (χ1v) is 8.00. The number of piperidine rings is 1. The molecular formula is C16H19ClN4O2. The van der Waals surface area contributed by atoms with Gasteiger partial charge in [0.15, 0.2) is 5.69 Å². The zero-order chi connectivity index (χ0) is 16.6. The summed E-state index contributed by atoms with van der Waals surface area (Å²) in [5, 5.41) is 18.7. The van der Waals surface area contributed by atoms with Crippen LogP contribution in [0.2, 0.25) is 5.02 Å². The second kappa shape index (κ2) is 6.29. The summed E-state index contributed by atoms with van der Waals surface area (Å²) in [4.78, 5) is 14.3. The molecule has 1 amide bonds. The molecule has 0 aliphatic carbocycles. The molecule has 1 aromatic carbocycles. The number of aliphatic hydroxyl groups excluding tert-OH is 1. The fourth-order valence-corrected chi connectivity index (χ4v) is 2.95. The van der Waals surface area contributed by atoms with E-state index in [0.29, 0.717) is 29.5 Å². The third-order valence-electron chi connectivity index (χ3n) is 4.36. The Balaban J connectivity index is 1.86. The van der Waals surface area contributed by atoms with Crippen LogP contribution in [0.5, 0.6) is 0 Å². The van der Waals surface area contributed by atoms with Crippen LogP contribution in [0.4, 0.5) is 0 Å². The Kier molecular flexibility index (Phi) is 4.37. The molecule has 2 unspecified atom stereocenters. The molecule has 1 aliphatic rings. The Labute approximate surface area is 139 Å². The molecule has 1 N–H and O–H groups in total. The monoisotopic (exact) mass is 334 g/mol.